The van der Waals surface area contributed by atoms with Crippen LogP contribution in [0.4, 0.5) is 0 Å². The fourth-order valence-electron chi connectivity index (χ4n) is 1.35. The average molecular weight is 331 g/mol. The summed E-state index contributed by atoms with van der Waals surface area (Å²) in [6, 6.07) is 2.54. The summed E-state index contributed by atoms with van der Waals surface area (Å²) in [5.74, 6) is 3.50. The van der Waals surface area contributed by atoms with E-state index < -0.39 is 15.8 Å². The molecule has 0 saturated heterocycles. The van der Waals surface area contributed by atoms with E-state index in [1.54, 1.807) is 13.8 Å². The Hall–Kier alpha value is -1.32. The first-order valence-electron chi connectivity index (χ1n) is 4.95. The van der Waals surface area contributed by atoms with Crippen LogP contribution in [0.25, 0.3) is 0 Å². The van der Waals surface area contributed by atoms with Crippen LogP contribution in [0.2, 0.25) is 0 Å². The van der Waals surface area contributed by atoms with Crippen LogP contribution in [0.15, 0.2) is 21.5 Å². The van der Waals surface area contributed by atoms with Gasteiger partial charge in [0.1, 0.15) is 5.75 Å². The zero-order chi connectivity index (χ0) is 13.9. The van der Waals surface area contributed by atoms with Crippen LogP contribution in [0.5, 0.6) is 0 Å². The smallest absolute Gasteiger partial charge is 0.335 e. The van der Waals surface area contributed by atoms with Crippen molar-refractivity contribution >= 4 is 31.7 Å². The molecule has 4 nitrogen and oxygen atoms in total. The second-order valence-electron chi connectivity index (χ2n) is 3.57. The Morgan fingerprint density at radius 1 is 1.44 bits per heavy atom. The van der Waals surface area contributed by atoms with E-state index in [1.165, 1.54) is 6.07 Å². The summed E-state index contributed by atoms with van der Waals surface area (Å²) in [4.78, 5) is 10.9. The van der Waals surface area contributed by atoms with Crippen molar-refractivity contribution in [3.05, 3.63) is 27.7 Å². The number of sulfone groups is 1. The van der Waals surface area contributed by atoms with Crippen molar-refractivity contribution in [3.63, 3.8) is 0 Å². The number of hydrogen-bond donors (Lipinski definition) is 1. The lowest BCUT2D eigenvalue weighted by atomic mass is 10.1. The summed E-state index contributed by atoms with van der Waals surface area (Å²) in [7, 11) is -3.60. The highest BCUT2D eigenvalue weighted by atomic mass is 79.9. The number of rotatable bonds is 3. The molecule has 0 aliphatic rings. The van der Waals surface area contributed by atoms with E-state index in [-0.39, 0.29) is 16.2 Å². The Labute approximate surface area is 114 Å². The molecular formula is C12H11BrO4S. The van der Waals surface area contributed by atoms with Gasteiger partial charge in [0.05, 0.1) is 10.5 Å². The van der Waals surface area contributed by atoms with Crippen molar-refractivity contribution in [2.45, 2.75) is 18.7 Å². The molecule has 1 rings (SSSR count). The Morgan fingerprint density at radius 2 is 2.06 bits per heavy atom. The van der Waals surface area contributed by atoms with Gasteiger partial charge in [-0.2, -0.15) is 0 Å². The Kier molecular flexibility index (Phi) is 4.54. The first-order chi connectivity index (χ1) is 8.29. The third kappa shape index (κ3) is 3.12. The normalized spacial score (nSPS) is 10.6. The van der Waals surface area contributed by atoms with Crippen LogP contribution in [-0.4, -0.2) is 25.2 Å². The zero-order valence-corrected chi connectivity index (χ0v) is 12.2. The van der Waals surface area contributed by atoms with E-state index in [1.807, 2.05) is 0 Å². The molecule has 0 heterocycles. The van der Waals surface area contributed by atoms with E-state index >= 15 is 0 Å². The van der Waals surface area contributed by atoms with Gasteiger partial charge in [0.25, 0.3) is 0 Å². The summed E-state index contributed by atoms with van der Waals surface area (Å²) in [5.41, 5.74) is 0.411. The van der Waals surface area contributed by atoms with E-state index in [0.717, 1.165) is 6.07 Å². The third-order valence-corrected chi connectivity index (χ3v) is 4.76. The van der Waals surface area contributed by atoms with Crippen molar-refractivity contribution in [1.82, 2.24) is 0 Å². The van der Waals surface area contributed by atoms with Crippen LogP contribution in [0.3, 0.4) is 0 Å². The molecule has 96 valence electrons. The number of hydrogen-bond acceptors (Lipinski definition) is 3. The molecule has 0 radical (unpaired) electrons. The number of carboxylic acid groups (broad SMARTS) is 1. The lowest BCUT2D eigenvalue weighted by Crippen LogP contribution is -2.09. The van der Waals surface area contributed by atoms with Crippen LogP contribution in [-0.2, 0) is 9.84 Å². The van der Waals surface area contributed by atoms with E-state index in [9.17, 15) is 13.2 Å². The van der Waals surface area contributed by atoms with Gasteiger partial charge in [-0.05, 0) is 31.5 Å². The molecule has 0 atom stereocenters. The maximum atomic E-state index is 12.0. The summed E-state index contributed by atoms with van der Waals surface area (Å²) in [5, 5.41) is 8.92. The molecule has 1 aromatic carbocycles. The number of aromatic carboxylic acids is 1. The molecule has 0 saturated carbocycles. The summed E-state index contributed by atoms with van der Waals surface area (Å²) in [6.45, 7) is 3.16. The number of halogens is 1. The molecule has 0 amide bonds. The number of carbonyl (C=O) groups is 1. The van der Waals surface area contributed by atoms with Crippen LogP contribution in [0.1, 0.15) is 22.8 Å². The second-order valence-corrected chi connectivity index (χ2v) is 6.38. The minimum Gasteiger partial charge on any atom is -0.478 e. The molecule has 0 unspecified atom stereocenters. The minimum atomic E-state index is -3.60. The van der Waals surface area contributed by atoms with Gasteiger partial charge in [0, 0.05) is 4.47 Å². The van der Waals surface area contributed by atoms with E-state index in [2.05, 4.69) is 27.8 Å². The molecule has 0 bridgehead atoms. The lowest BCUT2D eigenvalue weighted by molar-refractivity contribution is 0.0696. The van der Waals surface area contributed by atoms with Crippen molar-refractivity contribution < 1.29 is 18.3 Å². The topological polar surface area (TPSA) is 71.4 Å². The summed E-state index contributed by atoms with van der Waals surface area (Å²) in [6.07, 6.45) is 0. The maximum absolute atomic E-state index is 12.0. The minimum absolute atomic E-state index is 0.00275. The first-order valence-corrected chi connectivity index (χ1v) is 7.40. The van der Waals surface area contributed by atoms with Crippen molar-refractivity contribution in [1.29, 1.82) is 0 Å². The quantitative estimate of drug-likeness (QED) is 0.863. The molecule has 0 spiro atoms. The first kappa shape index (κ1) is 14.7. The van der Waals surface area contributed by atoms with Crippen molar-refractivity contribution in [3.8, 4) is 11.8 Å². The van der Waals surface area contributed by atoms with Gasteiger partial charge in [0.15, 0.2) is 9.84 Å². The molecule has 1 N–H and O–H groups in total. The maximum Gasteiger partial charge on any atom is 0.335 e. The predicted molar refractivity (Wildman–Crippen MR) is 71.3 cm³/mol. The average Bonchev–Trinajstić information content (AvgIpc) is 2.29. The highest BCUT2D eigenvalue weighted by molar-refractivity contribution is 9.10. The molecule has 0 aliphatic carbocycles. The SMILES string of the molecule is CC#CCS(=O)(=O)c1cc(C(=O)O)cc(Br)c1C. The van der Waals surface area contributed by atoms with Crippen molar-refractivity contribution in [2.75, 3.05) is 5.75 Å². The second kappa shape index (κ2) is 5.55. The standard InChI is InChI=1S/C12H11BrO4S/c1-3-4-5-18(16,17)11-7-9(12(14)15)6-10(13)8(11)2/h6-7H,5H2,1-2H3,(H,14,15). The highest BCUT2D eigenvalue weighted by Gasteiger charge is 2.20. The van der Waals surface area contributed by atoms with Crippen LogP contribution < -0.4 is 0 Å². The molecule has 0 aromatic heterocycles. The number of benzene rings is 1. The van der Waals surface area contributed by atoms with Crippen LogP contribution >= 0.6 is 15.9 Å². The Balaban J connectivity index is 3.47. The lowest BCUT2D eigenvalue weighted by Gasteiger charge is -2.08. The monoisotopic (exact) mass is 330 g/mol. The van der Waals surface area contributed by atoms with Crippen LogP contribution in [0, 0.1) is 18.8 Å². The summed E-state index contributed by atoms with van der Waals surface area (Å²) < 4.78 is 24.5. The van der Waals surface area contributed by atoms with Gasteiger partial charge in [0.2, 0.25) is 0 Å². The predicted octanol–water partition coefficient (Wildman–Crippen LogP) is 2.25. The number of carboxylic acids is 1. The summed E-state index contributed by atoms with van der Waals surface area (Å²) >= 11 is 3.16. The Bertz CT molecular complexity index is 651. The van der Waals surface area contributed by atoms with E-state index in [0.29, 0.717) is 10.0 Å². The molecule has 0 aliphatic heterocycles. The van der Waals surface area contributed by atoms with Gasteiger partial charge in [-0.25, -0.2) is 13.2 Å². The molecular weight excluding hydrogens is 320 g/mol. The zero-order valence-electron chi connectivity index (χ0n) is 9.82. The molecule has 0 fully saturated rings. The van der Waals surface area contributed by atoms with Gasteiger partial charge >= 0.3 is 5.97 Å². The van der Waals surface area contributed by atoms with Gasteiger partial charge in [-0.15, -0.1) is 5.92 Å². The largest absolute Gasteiger partial charge is 0.478 e. The van der Waals surface area contributed by atoms with E-state index in [4.69, 9.17) is 5.11 Å². The highest BCUT2D eigenvalue weighted by Crippen LogP contribution is 2.26. The van der Waals surface area contributed by atoms with Crippen molar-refractivity contribution in [2.24, 2.45) is 0 Å². The van der Waals surface area contributed by atoms with Gasteiger partial charge < -0.3 is 5.11 Å². The Morgan fingerprint density at radius 3 is 2.56 bits per heavy atom. The fourth-order valence-corrected chi connectivity index (χ4v) is 3.31. The molecule has 1 aromatic rings. The van der Waals surface area contributed by atoms with Gasteiger partial charge in [-0.3, -0.25) is 0 Å². The van der Waals surface area contributed by atoms with Gasteiger partial charge in [-0.1, -0.05) is 21.9 Å². The fraction of sp³-hybridized carbons (Fsp3) is 0.250. The third-order valence-electron chi connectivity index (χ3n) is 2.32. The molecule has 18 heavy (non-hydrogen) atoms. The molecule has 6 heteroatoms.